The first kappa shape index (κ1) is 17.3. The summed E-state index contributed by atoms with van der Waals surface area (Å²) in [6.45, 7) is 0.796. The number of H-pyrrole nitrogens is 1. The highest BCUT2D eigenvalue weighted by molar-refractivity contribution is 7.90. The van der Waals surface area contributed by atoms with Crippen molar-refractivity contribution < 1.29 is 8.42 Å². The van der Waals surface area contributed by atoms with Gasteiger partial charge in [-0.15, -0.1) is 0 Å². The summed E-state index contributed by atoms with van der Waals surface area (Å²) in [5, 5.41) is 4.61. The molecular formula is C18H22N4O2S. The zero-order chi connectivity index (χ0) is 17.9. The van der Waals surface area contributed by atoms with Gasteiger partial charge in [0.1, 0.15) is 0 Å². The van der Waals surface area contributed by atoms with Gasteiger partial charge in [-0.1, -0.05) is 18.2 Å². The molecule has 7 heteroatoms. The van der Waals surface area contributed by atoms with Gasteiger partial charge in [0.2, 0.25) is 0 Å². The maximum atomic E-state index is 11.8. The van der Waals surface area contributed by atoms with Crippen molar-refractivity contribution in [2.45, 2.75) is 6.42 Å². The van der Waals surface area contributed by atoms with Gasteiger partial charge in [0.15, 0.2) is 0 Å². The van der Waals surface area contributed by atoms with Crippen molar-refractivity contribution in [1.29, 1.82) is 0 Å². The molecule has 25 heavy (non-hydrogen) atoms. The summed E-state index contributed by atoms with van der Waals surface area (Å²) in [6, 6.07) is 15.5. The average Bonchev–Trinajstić information content (AvgIpc) is 2.99. The van der Waals surface area contributed by atoms with E-state index < -0.39 is 10.2 Å². The number of hydrogen-bond acceptors (Lipinski definition) is 3. The third kappa shape index (κ3) is 4.12. The van der Waals surface area contributed by atoms with E-state index >= 15 is 0 Å². The predicted molar refractivity (Wildman–Crippen MR) is 103 cm³/mol. The number of anilines is 2. The molecule has 1 aromatic heterocycles. The number of nitrogens with one attached hydrogen (secondary N) is 3. The first-order valence-electron chi connectivity index (χ1n) is 8.05. The monoisotopic (exact) mass is 358 g/mol. The lowest BCUT2D eigenvalue weighted by atomic mass is 10.1. The Labute approximate surface area is 148 Å². The number of nitrogens with zero attached hydrogens (tertiary/aromatic N) is 1. The summed E-state index contributed by atoms with van der Waals surface area (Å²) in [5.41, 5.74) is 3.91. The van der Waals surface area contributed by atoms with Gasteiger partial charge >= 0.3 is 10.2 Å². The standard InChI is InChI=1S/C18H22N4O2S/c1-22(2)25(23,24)21-16-9-7-15(8-10-16)19-12-11-14-13-20-18-6-4-3-5-17(14)18/h3-10,13,19-21H,11-12H2,1-2H3. The zero-order valence-electron chi connectivity index (χ0n) is 14.3. The van der Waals surface area contributed by atoms with Crippen LogP contribution in [0.25, 0.3) is 10.9 Å². The molecular weight excluding hydrogens is 336 g/mol. The molecule has 3 rings (SSSR count). The molecule has 0 aliphatic rings. The quantitative estimate of drug-likeness (QED) is 0.607. The van der Waals surface area contributed by atoms with E-state index in [1.807, 2.05) is 30.5 Å². The molecule has 0 bridgehead atoms. The van der Waals surface area contributed by atoms with E-state index in [2.05, 4.69) is 27.2 Å². The molecule has 0 atom stereocenters. The summed E-state index contributed by atoms with van der Waals surface area (Å²) in [7, 11) is -0.494. The topological polar surface area (TPSA) is 77.2 Å². The van der Waals surface area contributed by atoms with E-state index in [0.29, 0.717) is 5.69 Å². The van der Waals surface area contributed by atoms with Crippen molar-refractivity contribution in [3.8, 4) is 0 Å². The SMILES string of the molecule is CN(C)S(=O)(=O)Nc1ccc(NCCc2c[nH]c3ccccc23)cc1. The largest absolute Gasteiger partial charge is 0.385 e. The van der Waals surface area contributed by atoms with Crippen LogP contribution in [-0.4, -0.2) is 38.3 Å². The zero-order valence-corrected chi connectivity index (χ0v) is 15.1. The van der Waals surface area contributed by atoms with Gasteiger partial charge in [-0.05, 0) is 42.3 Å². The molecule has 1 heterocycles. The minimum absolute atomic E-state index is 0.538. The minimum Gasteiger partial charge on any atom is -0.385 e. The van der Waals surface area contributed by atoms with E-state index in [9.17, 15) is 8.42 Å². The van der Waals surface area contributed by atoms with E-state index in [4.69, 9.17) is 0 Å². The fourth-order valence-electron chi connectivity index (χ4n) is 2.58. The van der Waals surface area contributed by atoms with Crippen molar-refractivity contribution in [2.24, 2.45) is 0 Å². The Morgan fingerprint density at radius 2 is 1.68 bits per heavy atom. The number of para-hydroxylation sites is 1. The van der Waals surface area contributed by atoms with Gasteiger partial charge in [0.25, 0.3) is 0 Å². The third-order valence-corrected chi connectivity index (χ3v) is 5.47. The number of aromatic amines is 1. The molecule has 0 aliphatic carbocycles. The third-order valence-electron chi connectivity index (χ3n) is 4.01. The Bertz CT molecular complexity index is 947. The van der Waals surface area contributed by atoms with Crippen LogP contribution in [0.1, 0.15) is 5.56 Å². The van der Waals surface area contributed by atoms with Crippen molar-refractivity contribution >= 4 is 32.5 Å². The molecule has 0 saturated carbocycles. The Morgan fingerprint density at radius 1 is 1.00 bits per heavy atom. The minimum atomic E-state index is -3.47. The molecule has 0 unspecified atom stereocenters. The van der Waals surface area contributed by atoms with Crippen LogP contribution in [0.15, 0.2) is 54.7 Å². The number of aromatic nitrogens is 1. The highest BCUT2D eigenvalue weighted by Gasteiger charge is 2.12. The molecule has 3 N–H and O–H groups in total. The molecule has 2 aromatic carbocycles. The van der Waals surface area contributed by atoms with Crippen LogP contribution < -0.4 is 10.0 Å². The Balaban J connectivity index is 1.57. The van der Waals surface area contributed by atoms with Crippen LogP contribution in [0.3, 0.4) is 0 Å². The van der Waals surface area contributed by atoms with Gasteiger partial charge < -0.3 is 10.3 Å². The summed E-state index contributed by atoms with van der Waals surface area (Å²) in [4.78, 5) is 3.28. The first-order chi connectivity index (χ1) is 12.0. The highest BCUT2D eigenvalue weighted by atomic mass is 32.2. The second kappa shape index (κ2) is 7.16. The predicted octanol–water partition coefficient (Wildman–Crippen LogP) is 3.04. The smallest absolute Gasteiger partial charge is 0.301 e. The van der Waals surface area contributed by atoms with E-state index in [-0.39, 0.29) is 0 Å². The van der Waals surface area contributed by atoms with Crippen LogP contribution in [0.2, 0.25) is 0 Å². The molecule has 132 valence electrons. The molecule has 0 spiro atoms. The fraction of sp³-hybridized carbons (Fsp3) is 0.222. The van der Waals surface area contributed by atoms with Gasteiger partial charge in [0, 0.05) is 49.1 Å². The molecule has 6 nitrogen and oxygen atoms in total. The molecule has 3 aromatic rings. The maximum absolute atomic E-state index is 11.8. The van der Waals surface area contributed by atoms with Crippen LogP contribution in [0.5, 0.6) is 0 Å². The van der Waals surface area contributed by atoms with Crippen LogP contribution in [0, 0.1) is 0 Å². The summed E-state index contributed by atoms with van der Waals surface area (Å²) >= 11 is 0. The maximum Gasteiger partial charge on any atom is 0.301 e. The summed E-state index contributed by atoms with van der Waals surface area (Å²) in [5.74, 6) is 0. The van der Waals surface area contributed by atoms with Crippen LogP contribution >= 0.6 is 0 Å². The van der Waals surface area contributed by atoms with E-state index in [1.165, 1.54) is 25.0 Å². The Kier molecular flexibility index (Phi) is 4.96. The first-order valence-corrected chi connectivity index (χ1v) is 9.49. The van der Waals surface area contributed by atoms with Gasteiger partial charge in [0.05, 0.1) is 0 Å². The Morgan fingerprint density at radius 3 is 2.40 bits per heavy atom. The summed E-state index contributed by atoms with van der Waals surface area (Å²) < 4.78 is 27.2. The summed E-state index contributed by atoms with van der Waals surface area (Å²) in [6.07, 6.45) is 2.95. The number of benzene rings is 2. The normalized spacial score (nSPS) is 11.8. The molecule has 0 fully saturated rings. The lowest BCUT2D eigenvalue weighted by Gasteiger charge is -2.14. The molecule has 0 amide bonds. The van der Waals surface area contributed by atoms with Gasteiger partial charge in [-0.2, -0.15) is 12.7 Å². The lowest BCUT2D eigenvalue weighted by Crippen LogP contribution is -2.28. The van der Waals surface area contributed by atoms with Gasteiger partial charge in [-0.3, -0.25) is 4.72 Å². The van der Waals surface area contributed by atoms with Crippen molar-refractivity contribution in [1.82, 2.24) is 9.29 Å². The van der Waals surface area contributed by atoms with Crippen molar-refractivity contribution in [3.63, 3.8) is 0 Å². The Hall–Kier alpha value is -2.51. The molecule has 0 radical (unpaired) electrons. The number of rotatable bonds is 7. The van der Waals surface area contributed by atoms with E-state index in [0.717, 1.165) is 28.5 Å². The number of hydrogen-bond donors (Lipinski definition) is 3. The van der Waals surface area contributed by atoms with Crippen molar-refractivity contribution in [3.05, 3.63) is 60.3 Å². The number of fused-ring (bicyclic) bond motifs is 1. The molecule has 0 aliphatic heterocycles. The molecule has 0 saturated heterocycles. The van der Waals surface area contributed by atoms with E-state index in [1.54, 1.807) is 12.1 Å². The van der Waals surface area contributed by atoms with Crippen LogP contribution in [0.4, 0.5) is 11.4 Å². The average molecular weight is 358 g/mol. The highest BCUT2D eigenvalue weighted by Crippen LogP contribution is 2.19. The second-order valence-electron chi connectivity index (χ2n) is 6.00. The lowest BCUT2D eigenvalue weighted by molar-refractivity contribution is 0.527. The second-order valence-corrected chi connectivity index (χ2v) is 7.89. The van der Waals surface area contributed by atoms with Gasteiger partial charge in [-0.25, -0.2) is 0 Å². The van der Waals surface area contributed by atoms with Crippen molar-refractivity contribution in [2.75, 3.05) is 30.7 Å². The fourth-order valence-corrected chi connectivity index (χ4v) is 3.19. The van der Waals surface area contributed by atoms with Crippen LogP contribution in [-0.2, 0) is 16.6 Å².